The van der Waals surface area contributed by atoms with Crippen molar-refractivity contribution < 1.29 is 13.2 Å². The molecule has 7 heteroatoms. The highest BCUT2D eigenvalue weighted by Crippen LogP contribution is 2.27. The zero-order valence-corrected chi connectivity index (χ0v) is 19.1. The van der Waals surface area contributed by atoms with Gasteiger partial charge in [-0.1, -0.05) is 78.7 Å². The summed E-state index contributed by atoms with van der Waals surface area (Å²) < 4.78 is 27.7. The van der Waals surface area contributed by atoms with Crippen LogP contribution in [0.5, 0.6) is 0 Å². The van der Waals surface area contributed by atoms with E-state index in [9.17, 15) is 13.2 Å². The Balaban J connectivity index is 1.65. The molecule has 3 aromatic carbocycles. The standard InChI is InChI=1S/C25H25ClN2O3S/c26-23-15-14-21(32(30,31)28-16-8-3-9-17-28)18-22(23)25(29)27-24(19-10-4-1-5-11-19)20-12-6-2-7-13-20/h1-2,4-7,10-15,18,24H,3,8-9,16-17H2,(H,27,29). The molecule has 0 saturated carbocycles. The predicted molar refractivity (Wildman–Crippen MR) is 126 cm³/mol. The van der Waals surface area contributed by atoms with Crippen molar-refractivity contribution in [2.24, 2.45) is 0 Å². The van der Waals surface area contributed by atoms with Crippen LogP contribution in [0.25, 0.3) is 0 Å². The molecule has 1 saturated heterocycles. The van der Waals surface area contributed by atoms with Crippen LogP contribution in [0.4, 0.5) is 0 Å². The molecule has 1 aliphatic rings. The SMILES string of the molecule is O=C(NC(c1ccccc1)c1ccccc1)c1cc(S(=O)(=O)N2CCCCC2)ccc1Cl. The molecule has 0 spiro atoms. The van der Waals surface area contributed by atoms with E-state index in [4.69, 9.17) is 11.6 Å². The third-order valence-electron chi connectivity index (χ3n) is 5.68. The van der Waals surface area contributed by atoms with Crippen molar-refractivity contribution in [3.05, 3.63) is 101 Å². The first-order valence-electron chi connectivity index (χ1n) is 10.7. The molecule has 0 bridgehead atoms. The highest BCUT2D eigenvalue weighted by Gasteiger charge is 2.28. The molecular weight excluding hydrogens is 444 g/mol. The molecule has 32 heavy (non-hydrogen) atoms. The Bertz CT molecular complexity index is 1140. The van der Waals surface area contributed by atoms with Crippen LogP contribution >= 0.6 is 11.6 Å². The third kappa shape index (κ3) is 4.88. The van der Waals surface area contributed by atoms with Crippen LogP contribution in [0, 0.1) is 0 Å². The summed E-state index contributed by atoms with van der Waals surface area (Å²) in [6, 6.07) is 23.2. The van der Waals surface area contributed by atoms with Gasteiger partial charge in [-0.15, -0.1) is 0 Å². The Hall–Kier alpha value is -2.67. The summed E-state index contributed by atoms with van der Waals surface area (Å²) in [7, 11) is -3.67. The van der Waals surface area contributed by atoms with Gasteiger partial charge in [0.05, 0.1) is 21.5 Å². The number of sulfonamides is 1. The first-order chi connectivity index (χ1) is 15.5. The Morgan fingerprint density at radius 2 is 1.41 bits per heavy atom. The maximum Gasteiger partial charge on any atom is 0.253 e. The zero-order valence-electron chi connectivity index (χ0n) is 17.6. The minimum absolute atomic E-state index is 0.0879. The zero-order chi connectivity index (χ0) is 22.6. The van der Waals surface area contributed by atoms with Crippen LogP contribution in [0.15, 0.2) is 83.8 Å². The number of benzene rings is 3. The van der Waals surface area contributed by atoms with Crippen LogP contribution in [-0.2, 0) is 10.0 Å². The molecule has 3 aromatic rings. The Morgan fingerprint density at radius 1 is 0.844 bits per heavy atom. The predicted octanol–water partition coefficient (Wildman–Crippen LogP) is 5.03. The Kier molecular flexibility index (Phi) is 6.94. The number of rotatable bonds is 6. The highest BCUT2D eigenvalue weighted by atomic mass is 35.5. The fourth-order valence-electron chi connectivity index (χ4n) is 3.95. The van der Waals surface area contributed by atoms with Gasteiger partial charge in [0, 0.05) is 13.1 Å². The number of nitrogens with one attached hydrogen (secondary N) is 1. The van der Waals surface area contributed by atoms with E-state index in [1.54, 1.807) is 0 Å². The number of amides is 1. The van der Waals surface area contributed by atoms with Gasteiger partial charge in [-0.05, 0) is 42.2 Å². The van der Waals surface area contributed by atoms with Gasteiger partial charge < -0.3 is 5.32 Å². The maximum absolute atomic E-state index is 13.3. The molecule has 1 N–H and O–H groups in total. The molecule has 4 rings (SSSR count). The second kappa shape index (κ2) is 9.86. The van der Waals surface area contributed by atoms with Gasteiger partial charge >= 0.3 is 0 Å². The second-order valence-electron chi connectivity index (χ2n) is 7.83. The third-order valence-corrected chi connectivity index (χ3v) is 7.90. The fraction of sp³-hybridized carbons (Fsp3) is 0.240. The summed E-state index contributed by atoms with van der Waals surface area (Å²) in [6.45, 7) is 0.993. The lowest BCUT2D eigenvalue weighted by molar-refractivity contribution is 0.0943. The van der Waals surface area contributed by atoms with Gasteiger partial charge in [0.1, 0.15) is 0 Å². The molecule has 1 fully saturated rings. The van der Waals surface area contributed by atoms with Crippen molar-refractivity contribution >= 4 is 27.5 Å². The number of carbonyl (C=O) groups is 1. The first kappa shape index (κ1) is 22.5. The van der Waals surface area contributed by atoms with E-state index in [1.165, 1.54) is 22.5 Å². The lowest BCUT2D eigenvalue weighted by Crippen LogP contribution is -2.36. The maximum atomic E-state index is 13.3. The topological polar surface area (TPSA) is 66.5 Å². The summed E-state index contributed by atoms with van der Waals surface area (Å²) in [5, 5.41) is 3.24. The number of nitrogens with zero attached hydrogens (tertiary/aromatic N) is 1. The van der Waals surface area contributed by atoms with Gasteiger partial charge in [-0.25, -0.2) is 8.42 Å². The summed E-state index contributed by atoms with van der Waals surface area (Å²) >= 11 is 6.33. The number of carbonyl (C=O) groups excluding carboxylic acids is 1. The van der Waals surface area contributed by atoms with Crippen molar-refractivity contribution in [2.45, 2.75) is 30.2 Å². The highest BCUT2D eigenvalue weighted by molar-refractivity contribution is 7.89. The van der Waals surface area contributed by atoms with Crippen molar-refractivity contribution in [2.75, 3.05) is 13.1 Å². The van der Waals surface area contributed by atoms with Crippen LogP contribution in [0.2, 0.25) is 5.02 Å². The van der Waals surface area contributed by atoms with Crippen LogP contribution < -0.4 is 5.32 Å². The number of hydrogen-bond acceptors (Lipinski definition) is 3. The minimum atomic E-state index is -3.67. The molecule has 0 atom stereocenters. The number of hydrogen-bond donors (Lipinski definition) is 1. The molecule has 5 nitrogen and oxygen atoms in total. The molecular formula is C25H25ClN2O3S. The van der Waals surface area contributed by atoms with Crippen molar-refractivity contribution in [3.8, 4) is 0 Å². The number of halogens is 1. The summed E-state index contributed by atoms with van der Waals surface area (Å²) in [5.74, 6) is -0.427. The average Bonchev–Trinajstić information content (AvgIpc) is 2.84. The Morgan fingerprint density at radius 3 is 1.97 bits per heavy atom. The van der Waals surface area contributed by atoms with E-state index >= 15 is 0 Å². The van der Waals surface area contributed by atoms with Gasteiger partial charge in [0.15, 0.2) is 0 Å². The monoisotopic (exact) mass is 468 g/mol. The summed E-state index contributed by atoms with van der Waals surface area (Å²) in [4.78, 5) is 13.4. The lowest BCUT2D eigenvalue weighted by atomic mass is 9.98. The van der Waals surface area contributed by atoms with Gasteiger partial charge in [0.25, 0.3) is 5.91 Å². The Labute approximate surface area is 194 Å². The van der Waals surface area contributed by atoms with Crippen molar-refractivity contribution in [1.82, 2.24) is 9.62 Å². The summed E-state index contributed by atoms with van der Waals surface area (Å²) in [6.07, 6.45) is 2.71. The van der Waals surface area contributed by atoms with Gasteiger partial charge in [0.2, 0.25) is 10.0 Å². The average molecular weight is 469 g/mol. The van der Waals surface area contributed by atoms with Crippen molar-refractivity contribution in [1.29, 1.82) is 0 Å². The van der Waals surface area contributed by atoms with Crippen LogP contribution in [-0.4, -0.2) is 31.7 Å². The quantitative estimate of drug-likeness (QED) is 0.551. The van der Waals surface area contributed by atoms with Gasteiger partial charge in [-0.2, -0.15) is 4.31 Å². The molecule has 1 amide bonds. The largest absolute Gasteiger partial charge is 0.341 e. The van der Waals surface area contributed by atoms with E-state index in [1.807, 2.05) is 60.7 Å². The molecule has 166 valence electrons. The molecule has 0 aliphatic carbocycles. The van der Waals surface area contributed by atoms with E-state index < -0.39 is 22.0 Å². The molecule has 0 aromatic heterocycles. The second-order valence-corrected chi connectivity index (χ2v) is 10.2. The first-order valence-corrected chi connectivity index (χ1v) is 12.5. The van der Waals surface area contributed by atoms with E-state index in [0.717, 1.165) is 30.4 Å². The molecule has 0 radical (unpaired) electrons. The molecule has 0 unspecified atom stereocenters. The number of piperidine rings is 1. The normalized spacial score (nSPS) is 14.9. The fourth-order valence-corrected chi connectivity index (χ4v) is 5.70. The smallest absolute Gasteiger partial charge is 0.253 e. The van der Waals surface area contributed by atoms with Crippen molar-refractivity contribution in [3.63, 3.8) is 0 Å². The van der Waals surface area contributed by atoms with Crippen LogP contribution in [0.1, 0.15) is 46.8 Å². The minimum Gasteiger partial charge on any atom is -0.341 e. The molecule has 1 heterocycles. The van der Waals surface area contributed by atoms with Crippen LogP contribution in [0.3, 0.4) is 0 Å². The van der Waals surface area contributed by atoms with E-state index in [0.29, 0.717) is 13.1 Å². The lowest BCUT2D eigenvalue weighted by Gasteiger charge is -2.26. The van der Waals surface area contributed by atoms with E-state index in [2.05, 4.69) is 5.32 Å². The molecule has 1 aliphatic heterocycles. The van der Waals surface area contributed by atoms with E-state index in [-0.39, 0.29) is 15.5 Å². The van der Waals surface area contributed by atoms with Gasteiger partial charge in [-0.3, -0.25) is 4.79 Å². The summed E-state index contributed by atoms with van der Waals surface area (Å²) in [5.41, 5.74) is 1.97.